The van der Waals surface area contributed by atoms with E-state index in [0.29, 0.717) is 6.61 Å². The maximum atomic E-state index is 9.75. The lowest BCUT2D eigenvalue weighted by Crippen LogP contribution is -2.07. The molecule has 0 radical (unpaired) electrons. The van der Waals surface area contributed by atoms with Crippen molar-refractivity contribution in [1.29, 1.82) is 0 Å². The summed E-state index contributed by atoms with van der Waals surface area (Å²) in [6.07, 6.45) is 0.387. The van der Waals surface area contributed by atoms with Crippen molar-refractivity contribution in [3.63, 3.8) is 0 Å². The van der Waals surface area contributed by atoms with Crippen LogP contribution in [0.3, 0.4) is 0 Å². The quantitative estimate of drug-likeness (QED) is 0.880. The topological polar surface area (TPSA) is 47.3 Å². The van der Waals surface area contributed by atoms with Crippen LogP contribution in [0, 0.1) is 0 Å². The zero-order chi connectivity index (χ0) is 14.5. The molecular formula is C16H22N2O2. The first-order valence-corrected chi connectivity index (χ1v) is 7.11. The molecule has 0 saturated heterocycles. The summed E-state index contributed by atoms with van der Waals surface area (Å²) in [6.45, 7) is 7.20. The molecule has 1 unspecified atom stereocenters. The summed E-state index contributed by atoms with van der Waals surface area (Å²) in [5.74, 6) is 0.726. The lowest BCUT2D eigenvalue weighted by atomic mass is 10.1. The number of para-hydroxylation sites is 1. The van der Waals surface area contributed by atoms with Crippen molar-refractivity contribution in [3.8, 4) is 5.75 Å². The maximum Gasteiger partial charge on any atom is 0.130 e. The third kappa shape index (κ3) is 3.20. The lowest BCUT2D eigenvalue weighted by molar-refractivity contribution is 0.189. The van der Waals surface area contributed by atoms with Crippen molar-refractivity contribution in [2.45, 2.75) is 46.4 Å². The van der Waals surface area contributed by atoms with E-state index in [2.05, 4.69) is 25.0 Å². The fourth-order valence-electron chi connectivity index (χ4n) is 2.19. The van der Waals surface area contributed by atoms with Crippen molar-refractivity contribution in [2.75, 3.05) is 0 Å². The Hall–Kier alpha value is -1.81. The number of ether oxygens (including phenoxy) is 1. The maximum absolute atomic E-state index is 9.75. The number of aliphatic hydroxyl groups excluding tert-OH is 1. The number of benzene rings is 1. The average Bonchev–Trinajstić information content (AvgIpc) is 2.87. The van der Waals surface area contributed by atoms with Gasteiger partial charge in [-0.2, -0.15) is 5.10 Å². The Morgan fingerprint density at radius 1 is 1.30 bits per heavy atom. The van der Waals surface area contributed by atoms with Crippen LogP contribution in [0.1, 0.15) is 43.8 Å². The van der Waals surface area contributed by atoms with Crippen LogP contribution < -0.4 is 4.74 Å². The van der Waals surface area contributed by atoms with Crippen LogP contribution >= 0.6 is 0 Å². The normalized spacial score (nSPS) is 12.4. The van der Waals surface area contributed by atoms with E-state index in [1.54, 1.807) is 6.92 Å². The fraction of sp³-hybridized carbons (Fsp3) is 0.438. The molecule has 0 amide bonds. The molecule has 4 nitrogen and oxygen atoms in total. The monoisotopic (exact) mass is 274 g/mol. The molecule has 2 rings (SSSR count). The van der Waals surface area contributed by atoms with Gasteiger partial charge in [-0.15, -0.1) is 0 Å². The number of aryl methyl sites for hydroxylation is 2. The zero-order valence-electron chi connectivity index (χ0n) is 12.3. The van der Waals surface area contributed by atoms with E-state index < -0.39 is 6.10 Å². The Balaban J connectivity index is 2.14. The number of hydrogen-bond donors (Lipinski definition) is 1. The summed E-state index contributed by atoms with van der Waals surface area (Å²) in [5.41, 5.74) is 2.95. The Labute approximate surface area is 120 Å². The van der Waals surface area contributed by atoms with E-state index in [-0.39, 0.29) is 0 Å². The Morgan fingerprint density at radius 3 is 2.70 bits per heavy atom. The molecule has 0 aliphatic heterocycles. The van der Waals surface area contributed by atoms with E-state index >= 15 is 0 Å². The molecule has 0 bridgehead atoms. The van der Waals surface area contributed by atoms with Gasteiger partial charge in [0.2, 0.25) is 0 Å². The van der Waals surface area contributed by atoms with Gasteiger partial charge in [-0.25, -0.2) is 0 Å². The van der Waals surface area contributed by atoms with Crippen LogP contribution in [-0.4, -0.2) is 14.9 Å². The van der Waals surface area contributed by atoms with Gasteiger partial charge in [-0.05, 0) is 32.4 Å². The zero-order valence-corrected chi connectivity index (χ0v) is 12.3. The van der Waals surface area contributed by atoms with Crippen LogP contribution in [0.4, 0.5) is 0 Å². The van der Waals surface area contributed by atoms with E-state index in [0.717, 1.165) is 35.7 Å². The molecule has 0 saturated carbocycles. The van der Waals surface area contributed by atoms with Gasteiger partial charge in [0.1, 0.15) is 12.4 Å². The molecule has 1 atom stereocenters. The number of aromatic nitrogens is 2. The first kappa shape index (κ1) is 14.6. The van der Waals surface area contributed by atoms with Gasteiger partial charge < -0.3 is 9.84 Å². The summed E-state index contributed by atoms with van der Waals surface area (Å²) in [4.78, 5) is 0. The van der Waals surface area contributed by atoms with Crippen molar-refractivity contribution in [2.24, 2.45) is 0 Å². The molecule has 1 aromatic carbocycles. The molecule has 0 aliphatic rings. The molecule has 108 valence electrons. The predicted octanol–water partition coefficient (Wildman–Crippen LogP) is 3.10. The van der Waals surface area contributed by atoms with E-state index in [1.165, 1.54) is 0 Å². The molecule has 20 heavy (non-hydrogen) atoms. The van der Waals surface area contributed by atoms with E-state index in [4.69, 9.17) is 4.74 Å². The van der Waals surface area contributed by atoms with Crippen LogP contribution in [0.5, 0.6) is 5.75 Å². The second-order valence-corrected chi connectivity index (χ2v) is 4.80. The molecule has 0 spiro atoms. The van der Waals surface area contributed by atoms with Crippen molar-refractivity contribution < 1.29 is 9.84 Å². The Kier molecular flexibility index (Phi) is 4.79. The van der Waals surface area contributed by atoms with Crippen LogP contribution in [0.25, 0.3) is 0 Å². The van der Waals surface area contributed by atoms with Crippen molar-refractivity contribution >= 4 is 0 Å². The molecule has 2 aromatic rings. The minimum Gasteiger partial charge on any atom is -0.487 e. The second kappa shape index (κ2) is 6.57. The predicted molar refractivity (Wildman–Crippen MR) is 78.7 cm³/mol. The molecule has 1 heterocycles. The minimum absolute atomic E-state index is 0.463. The van der Waals surface area contributed by atoms with E-state index in [1.807, 2.05) is 28.9 Å². The third-order valence-corrected chi connectivity index (χ3v) is 3.32. The largest absolute Gasteiger partial charge is 0.487 e. The number of nitrogens with zero attached hydrogens (tertiary/aromatic N) is 2. The van der Waals surface area contributed by atoms with Crippen molar-refractivity contribution in [1.82, 2.24) is 9.78 Å². The highest BCUT2D eigenvalue weighted by Crippen LogP contribution is 2.25. The number of hydrogen-bond acceptors (Lipinski definition) is 3. The molecule has 1 aromatic heterocycles. The van der Waals surface area contributed by atoms with Gasteiger partial charge in [0, 0.05) is 12.1 Å². The first-order chi connectivity index (χ1) is 9.65. The van der Waals surface area contributed by atoms with Gasteiger partial charge >= 0.3 is 0 Å². The smallest absolute Gasteiger partial charge is 0.130 e. The highest BCUT2D eigenvalue weighted by molar-refractivity contribution is 5.34. The SMILES string of the molecule is CCc1cc(COc2ccccc2C(C)O)n(CC)n1. The first-order valence-electron chi connectivity index (χ1n) is 7.11. The van der Waals surface area contributed by atoms with E-state index in [9.17, 15) is 5.11 Å². The summed E-state index contributed by atoms with van der Waals surface area (Å²) in [7, 11) is 0. The Morgan fingerprint density at radius 2 is 2.05 bits per heavy atom. The summed E-state index contributed by atoms with van der Waals surface area (Å²) >= 11 is 0. The van der Waals surface area contributed by atoms with Gasteiger partial charge in [0.05, 0.1) is 17.5 Å². The second-order valence-electron chi connectivity index (χ2n) is 4.80. The van der Waals surface area contributed by atoms with Crippen LogP contribution in [0.2, 0.25) is 0 Å². The number of aliphatic hydroxyl groups is 1. The fourth-order valence-corrected chi connectivity index (χ4v) is 2.19. The molecule has 0 aliphatic carbocycles. The highest BCUT2D eigenvalue weighted by Gasteiger charge is 2.10. The summed E-state index contributed by atoms with van der Waals surface area (Å²) < 4.78 is 7.83. The van der Waals surface area contributed by atoms with Gasteiger partial charge in [-0.1, -0.05) is 25.1 Å². The lowest BCUT2D eigenvalue weighted by Gasteiger charge is -2.13. The average molecular weight is 274 g/mol. The molecule has 4 heteroatoms. The summed E-state index contributed by atoms with van der Waals surface area (Å²) in [5, 5.41) is 14.3. The van der Waals surface area contributed by atoms with Crippen molar-refractivity contribution in [3.05, 3.63) is 47.3 Å². The highest BCUT2D eigenvalue weighted by atomic mass is 16.5. The van der Waals surface area contributed by atoms with Crippen LogP contribution in [-0.2, 0) is 19.6 Å². The van der Waals surface area contributed by atoms with Gasteiger partial charge in [0.15, 0.2) is 0 Å². The Bertz CT molecular complexity index is 561. The van der Waals surface area contributed by atoms with Crippen LogP contribution in [0.15, 0.2) is 30.3 Å². The van der Waals surface area contributed by atoms with Gasteiger partial charge in [-0.3, -0.25) is 4.68 Å². The van der Waals surface area contributed by atoms with Gasteiger partial charge in [0.25, 0.3) is 0 Å². The standard InChI is InChI=1S/C16H22N2O2/c1-4-13-10-14(18(5-2)17-13)11-20-16-9-7-6-8-15(16)12(3)19/h6-10,12,19H,4-5,11H2,1-3H3. The molecule has 1 N–H and O–H groups in total. The number of rotatable bonds is 6. The summed E-state index contributed by atoms with van der Waals surface area (Å²) in [6, 6.07) is 9.66. The third-order valence-electron chi connectivity index (χ3n) is 3.32. The minimum atomic E-state index is -0.534. The molecule has 0 fully saturated rings. The molecular weight excluding hydrogens is 252 g/mol.